The minimum Gasteiger partial charge on any atom is -0.478 e. The first-order valence-corrected chi connectivity index (χ1v) is 10.6. The Kier molecular flexibility index (Phi) is 5.98. The van der Waals surface area contributed by atoms with Crippen LogP contribution in [0.5, 0.6) is 0 Å². The average molecular weight is 476 g/mol. The second-order valence-corrected chi connectivity index (χ2v) is 7.56. The molecule has 0 aliphatic rings. The summed E-state index contributed by atoms with van der Waals surface area (Å²) in [4.78, 5) is 19.0. The van der Waals surface area contributed by atoms with Crippen molar-refractivity contribution in [3.8, 4) is 22.5 Å². The molecule has 0 radical (unpaired) electrons. The van der Waals surface area contributed by atoms with E-state index in [-0.39, 0.29) is 40.5 Å². The Morgan fingerprint density at radius 1 is 1.09 bits per heavy atom. The van der Waals surface area contributed by atoms with Gasteiger partial charge in [-0.2, -0.15) is 5.21 Å². The maximum absolute atomic E-state index is 16.2. The lowest BCUT2D eigenvalue weighted by molar-refractivity contribution is 0.0623. The smallest absolute Gasteiger partial charge is 0.337 e. The van der Waals surface area contributed by atoms with Crippen molar-refractivity contribution in [2.45, 2.75) is 6.10 Å². The van der Waals surface area contributed by atoms with E-state index in [9.17, 15) is 14.3 Å². The number of aromatic carboxylic acids is 1. The normalized spacial score (nSPS) is 12.2. The van der Waals surface area contributed by atoms with Gasteiger partial charge < -0.3 is 14.8 Å². The highest BCUT2D eigenvalue weighted by Crippen LogP contribution is 2.38. The fraction of sp³-hybridized carbons (Fsp3) is 0.125. The molecule has 0 fully saturated rings. The van der Waals surface area contributed by atoms with Crippen LogP contribution in [0.3, 0.4) is 0 Å². The molecule has 35 heavy (non-hydrogen) atoms. The standard InChI is InChI=1S/C24H18F2N6O3/c25-11-12-35-21(23-27-17-8-4-7-16(24(33)34)20(17)28-23)15-10-9-14(13-5-2-1-3-6-13)18(19(15)26)22-29-31-32-30-22/h1-10,21H,11-12H2,(H,27,28)(H,33,34)(H,29,30,31,32). The van der Waals surface area contributed by atoms with Crippen molar-refractivity contribution in [3.63, 3.8) is 0 Å². The van der Waals surface area contributed by atoms with E-state index in [1.807, 2.05) is 30.3 Å². The van der Waals surface area contributed by atoms with Gasteiger partial charge in [-0.25, -0.2) is 18.6 Å². The Bertz CT molecular complexity index is 1490. The summed E-state index contributed by atoms with van der Waals surface area (Å²) in [6.45, 7) is -1.14. The van der Waals surface area contributed by atoms with E-state index in [1.165, 1.54) is 12.1 Å². The molecule has 5 aromatic rings. The zero-order valence-corrected chi connectivity index (χ0v) is 18.1. The summed E-state index contributed by atoms with van der Waals surface area (Å²) in [5.74, 6) is -1.69. The van der Waals surface area contributed by atoms with Crippen LogP contribution >= 0.6 is 0 Å². The van der Waals surface area contributed by atoms with E-state index >= 15 is 4.39 Å². The van der Waals surface area contributed by atoms with Crippen molar-refractivity contribution in [2.24, 2.45) is 0 Å². The largest absolute Gasteiger partial charge is 0.478 e. The van der Waals surface area contributed by atoms with E-state index < -0.39 is 24.6 Å². The number of hydrogen-bond acceptors (Lipinski definition) is 6. The third-order valence-electron chi connectivity index (χ3n) is 5.48. The van der Waals surface area contributed by atoms with Crippen LogP contribution in [0.15, 0.2) is 60.7 Å². The number of alkyl halides is 1. The predicted molar refractivity (Wildman–Crippen MR) is 122 cm³/mol. The van der Waals surface area contributed by atoms with E-state index in [4.69, 9.17) is 4.74 Å². The molecule has 0 spiro atoms. The minimum absolute atomic E-state index is 0.0263. The number of rotatable bonds is 8. The number of para-hydroxylation sites is 1. The summed E-state index contributed by atoms with van der Waals surface area (Å²) in [5, 5.41) is 23.3. The number of carboxylic acid groups (broad SMARTS) is 1. The summed E-state index contributed by atoms with van der Waals surface area (Å²) in [6.07, 6.45) is -1.16. The van der Waals surface area contributed by atoms with Gasteiger partial charge in [-0.1, -0.05) is 48.5 Å². The molecule has 0 bridgehead atoms. The van der Waals surface area contributed by atoms with Crippen LogP contribution in [0, 0.1) is 5.82 Å². The third-order valence-corrected chi connectivity index (χ3v) is 5.48. The number of benzene rings is 3. The second-order valence-electron chi connectivity index (χ2n) is 7.56. The van der Waals surface area contributed by atoms with Gasteiger partial charge >= 0.3 is 5.97 Å². The molecule has 0 saturated heterocycles. The molecule has 0 amide bonds. The van der Waals surface area contributed by atoms with Crippen LogP contribution in [0.25, 0.3) is 33.5 Å². The molecular weight excluding hydrogens is 458 g/mol. The molecule has 2 heterocycles. The van der Waals surface area contributed by atoms with Crippen LogP contribution in [0.4, 0.5) is 8.78 Å². The Labute approximate surface area is 196 Å². The Balaban J connectivity index is 1.70. The van der Waals surface area contributed by atoms with Crippen molar-refractivity contribution in [1.82, 2.24) is 30.6 Å². The number of carbonyl (C=O) groups is 1. The summed E-state index contributed by atoms with van der Waals surface area (Å²) in [5.41, 5.74) is 1.97. The topological polar surface area (TPSA) is 130 Å². The molecule has 1 atom stereocenters. The lowest BCUT2D eigenvalue weighted by Crippen LogP contribution is -2.13. The van der Waals surface area contributed by atoms with Crippen LogP contribution in [0.1, 0.15) is 27.8 Å². The molecule has 2 aromatic heterocycles. The van der Waals surface area contributed by atoms with Crippen LogP contribution < -0.4 is 0 Å². The first-order chi connectivity index (χ1) is 17.1. The van der Waals surface area contributed by atoms with Gasteiger partial charge in [-0.05, 0) is 28.5 Å². The van der Waals surface area contributed by atoms with E-state index in [1.54, 1.807) is 18.2 Å². The highest BCUT2D eigenvalue weighted by Gasteiger charge is 2.28. The predicted octanol–water partition coefficient (Wildman–Crippen LogP) is 4.32. The lowest BCUT2D eigenvalue weighted by Gasteiger charge is -2.19. The summed E-state index contributed by atoms with van der Waals surface area (Å²) < 4.78 is 34.9. The van der Waals surface area contributed by atoms with Crippen molar-refractivity contribution in [2.75, 3.05) is 13.3 Å². The van der Waals surface area contributed by atoms with Crippen LogP contribution in [-0.2, 0) is 4.74 Å². The number of carboxylic acids is 1. The van der Waals surface area contributed by atoms with Gasteiger partial charge in [-0.15, -0.1) is 10.2 Å². The van der Waals surface area contributed by atoms with Crippen molar-refractivity contribution >= 4 is 17.0 Å². The SMILES string of the molecule is O=C(O)c1cccc2[nH]c(C(OCCF)c3ccc(-c4ccccc4)c(-c4nn[nH]n4)c3F)nc12. The lowest BCUT2D eigenvalue weighted by atomic mass is 9.94. The van der Waals surface area contributed by atoms with E-state index in [0.717, 1.165) is 5.56 Å². The van der Waals surface area contributed by atoms with Gasteiger partial charge in [0, 0.05) is 5.56 Å². The van der Waals surface area contributed by atoms with Crippen molar-refractivity contribution in [1.29, 1.82) is 0 Å². The molecule has 0 aliphatic heterocycles. The molecule has 11 heteroatoms. The Morgan fingerprint density at radius 2 is 1.91 bits per heavy atom. The molecule has 9 nitrogen and oxygen atoms in total. The molecule has 0 aliphatic carbocycles. The molecule has 5 rings (SSSR count). The van der Waals surface area contributed by atoms with E-state index in [2.05, 4.69) is 30.6 Å². The zero-order chi connectivity index (χ0) is 24.4. The number of nitrogens with one attached hydrogen (secondary N) is 2. The third kappa shape index (κ3) is 4.13. The number of nitrogens with zero attached hydrogens (tertiary/aromatic N) is 4. The molecule has 3 N–H and O–H groups in total. The first-order valence-electron chi connectivity index (χ1n) is 10.6. The second kappa shape index (κ2) is 9.39. The van der Waals surface area contributed by atoms with Crippen LogP contribution in [-0.4, -0.2) is 54.9 Å². The van der Waals surface area contributed by atoms with Gasteiger partial charge in [0.05, 0.1) is 23.3 Å². The van der Waals surface area contributed by atoms with Gasteiger partial charge in [-0.3, -0.25) is 0 Å². The number of H-pyrrole nitrogens is 2. The molecular formula is C24H18F2N6O3. The number of aromatic amines is 2. The van der Waals surface area contributed by atoms with Crippen molar-refractivity contribution in [3.05, 3.63) is 83.4 Å². The van der Waals surface area contributed by atoms with Gasteiger partial charge in [0.1, 0.15) is 29.9 Å². The fourth-order valence-corrected chi connectivity index (χ4v) is 3.97. The number of tetrazole rings is 1. The summed E-state index contributed by atoms with van der Waals surface area (Å²) in [6, 6.07) is 17.0. The highest BCUT2D eigenvalue weighted by atomic mass is 19.1. The highest BCUT2D eigenvalue weighted by molar-refractivity contribution is 6.00. The Morgan fingerprint density at radius 3 is 2.63 bits per heavy atom. The monoisotopic (exact) mass is 476 g/mol. The van der Waals surface area contributed by atoms with Gasteiger partial charge in [0.25, 0.3) is 0 Å². The molecule has 1 unspecified atom stereocenters. The number of hydrogen-bond donors (Lipinski definition) is 3. The average Bonchev–Trinajstić information content (AvgIpc) is 3.55. The quantitative estimate of drug-likeness (QED) is 0.304. The summed E-state index contributed by atoms with van der Waals surface area (Å²) in [7, 11) is 0. The number of halogens is 2. The molecule has 176 valence electrons. The fourth-order valence-electron chi connectivity index (χ4n) is 3.97. The Hall–Kier alpha value is -4.51. The number of fused-ring (bicyclic) bond motifs is 1. The maximum Gasteiger partial charge on any atom is 0.337 e. The first kappa shape index (κ1) is 22.3. The molecule has 3 aromatic carbocycles. The summed E-state index contributed by atoms with van der Waals surface area (Å²) >= 11 is 0. The number of ether oxygens (including phenoxy) is 1. The number of aromatic nitrogens is 6. The van der Waals surface area contributed by atoms with Crippen LogP contribution in [0.2, 0.25) is 0 Å². The van der Waals surface area contributed by atoms with Gasteiger partial charge in [0.15, 0.2) is 0 Å². The maximum atomic E-state index is 16.2. The number of imidazole rings is 1. The van der Waals surface area contributed by atoms with Crippen molar-refractivity contribution < 1.29 is 23.4 Å². The van der Waals surface area contributed by atoms with Gasteiger partial charge in [0.2, 0.25) is 5.82 Å². The molecule has 0 saturated carbocycles. The zero-order valence-electron chi connectivity index (χ0n) is 18.1. The minimum atomic E-state index is -1.16. The van der Waals surface area contributed by atoms with E-state index in [0.29, 0.717) is 11.1 Å².